The molecular weight excluding hydrogens is 270 g/mol. The third-order valence-corrected chi connectivity index (χ3v) is 4.75. The summed E-state index contributed by atoms with van der Waals surface area (Å²) in [4.78, 5) is 28.1. The Hall–Kier alpha value is -1.30. The molecule has 0 aromatic rings. The van der Waals surface area contributed by atoms with E-state index in [0.29, 0.717) is 19.4 Å². The third-order valence-electron chi connectivity index (χ3n) is 4.75. The van der Waals surface area contributed by atoms with Crippen LogP contribution >= 0.6 is 0 Å². The van der Waals surface area contributed by atoms with E-state index >= 15 is 0 Å². The van der Waals surface area contributed by atoms with Gasteiger partial charge in [-0.3, -0.25) is 0 Å². The monoisotopic (exact) mass is 297 g/mol. The molecule has 21 heavy (non-hydrogen) atoms. The van der Waals surface area contributed by atoms with Gasteiger partial charge in [-0.1, -0.05) is 13.3 Å². The molecule has 2 heterocycles. The maximum absolute atomic E-state index is 12.5. The molecule has 0 bridgehead atoms. The largest absolute Gasteiger partial charge is 0.479 e. The number of rotatable bonds is 4. The van der Waals surface area contributed by atoms with Gasteiger partial charge in [0.2, 0.25) is 0 Å². The zero-order valence-corrected chi connectivity index (χ0v) is 13.1. The molecule has 0 aromatic heterocycles. The van der Waals surface area contributed by atoms with Gasteiger partial charge >= 0.3 is 12.0 Å². The standard InChI is InChI=1S/C15H27N3O3/c1-3-7-15(13(19)20)8-5-10-18(15)14(21)16-12-6-4-9-17(2)11-12/h12H,3-11H2,1-2H3,(H,16,21)(H,19,20). The molecule has 0 radical (unpaired) electrons. The van der Waals surface area contributed by atoms with Crippen molar-refractivity contribution < 1.29 is 14.7 Å². The minimum absolute atomic E-state index is 0.130. The number of urea groups is 1. The normalized spacial score (nSPS) is 30.4. The van der Waals surface area contributed by atoms with E-state index in [1.807, 2.05) is 14.0 Å². The van der Waals surface area contributed by atoms with Crippen LogP contribution in [0.3, 0.4) is 0 Å². The molecule has 2 amide bonds. The van der Waals surface area contributed by atoms with E-state index in [4.69, 9.17) is 0 Å². The molecule has 2 unspecified atom stereocenters. The van der Waals surface area contributed by atoms with Gasteiger partial charge in [0, 0.05) is 19.1 Å². The molecule has 2 saturated heterocycles. The predicted octanol–water partition coefficient (Wildman–Crippen LogP) is 1.51. The average Bonchev–Trinajstić information content (AvgIpc) is 2.84. The van der Waals surface area contributed by atoms with E-state index in [0.717, 1.165) is 38.8 Å². The number of piperidine rings is 1. The second-order valence-corrected chi connectivity index (χ2v) is 6.39. The summed E-state index contributed by atoms with van der Waals surface area (Å²) in [7, 11) is 2.05. The fourth-order valence-electron chi connectivity index (χ4n) is 3.71. The summed E-state index contributed by atoms with van der Waals surface area (Å²) in [5, 5.41) is 12.7. The molecule has 2 N–H and O–H groups in total. The number of likely N-dealkylation sites (tertiary alicyclic amines) is 2. The van der Waals surface area contributed by atoms with Crippen molar-refractivity contribution in [2.24, 2.45) is 0 Å². The molecule has 2 aliphatic heterocycles. The van der Waals surface area contributed by atoms with Gasteiger partial charge in [0.15, 0.2) is 0 Å². The molecule has 2 rings (SSSR count). The SMILES string of the molecule is CCCC1(C(=O)O)CCCN1C(=O)NC1CCCN(C)C1. The van der Waals surface area contributed by atoms with Gasteiger partial charge < -0.3 is 20.2 Å². The lowest BCUT2D eigenvalue weighted by molar-refractivity contribution is -0.148. The molecule has 2 atom stereocenters. The molecule has 0 aliphatic carbocycles. The average molecular weight is 297 g/mol. The summed E-state index contributed by atoms with van der Waals surface area (Å²) in [5.74, 6) is -0.863. The lowest BCUT2D eigenvalue weighted by atomic mass is 9.91. The molecule has 2 aliphatic rings. The summed E-state index contributed by atoms with van der Waals surface area (Å²) in [6, 6.07) is -0.0754. The number of nitrogens with zero attached hydrogens (tertiary/aromatic N) is 2. The van der Waals surface area contributed by atoms with Gasteiger partial charge in [-0.15, -0.1) is 0 Å². The first-order valence-corrected chi connectivity index (χ1v) is 7.99. The van der Waals surface area contributed by atoms with Crippen molar-refractivity contribution >= 4 is 12.0 Å². The number of nitrogens with one attached hydrogen (secondary N) is 1. The van der Waals surface area contributed by atoms with Gasteiger partial charge in [-0.25, -0.2) is 9.59 Å². The topological polar surface area (TPSA) is 72.9 Å². The minimum atomic E-state index is -1.00. The van der Waals surface area contributed by atoms with Crippen LogP contribution < -0.4 is 5.32 Å². The molecule has 0 saturated carbocycles. The van der Waals surface area contributed by atoms with E-state index in [9.17, 15) is 14.7 Å². The Labute approximate surface area is 126 Å². The smallest absolute Gasteiger partial charge is 0.329 e. The highest BCUT2D eigenvalue weighted by molar-refractivity contribution is 5.87. The van der Waals surface area contributed by atoms with Gasteiger partial charge in [-0.2, -0.15) is 0 Å². The summed E-state index contributed by atoms with van der Waals surface area (Å²) >= 11 is 0. The summed E-state index contributed by atoms with van der Waals surface area (Å²) in [5.41, 5.74) is -1.00. The number of carboxylic acid groups (broad SMARTS) is 1. The highest BCUT2D eigenvalue weighted by Crippen LogP contribution is 2.34. The molecule has 120 valence electrons. The van der Waals surface area contributed by atoms with Gasteiger partial charge in [0.05, 0.1) is 0 Å². The highest BCUT2D eigenvalue weighted by Gasteiger charge is 2.49. The Morgan fingerprint density at radius 2 is 2.10 bits per heavy atom. The summed E-state index contributed by atoms with van der Waals surface area (Å²) < 4.78 is 0. The fraction of sp³-hybridized carbons (Fsp3) is 0.867. The Morgan fingerprint density at radius 1 is 1.33 bits per heavy atom. The van der Waals surface area contributed by atoms with E-state index < -0.39 is 11.5 Å². The lowest BCUT2D eigenvalue weighted by Crippen LogP contribution is -2.58. The maximum atomic E-state index is 12.5. The highest BCUT2D eigenvalue weighted by atomic mass is 16.4. The third kappa shape index (κ3) is 3.31. The van der Waals surface area contributed by atoms with E-state index in [1.165, 1.54) is 0 Å². The molecule has 0 aromatic carbocycles. The summed E-state index contributed by atoms with van der Waals surface area (Å²) in [6.07, 6.45) is 4.67. The van der Waals surface area contributed by atoms with E-state index in [-0.39, 0.29) is 12.1 Å². The number of carboxylic acids is 1. The van der Waals surface area contributed by atoms with Crippen LogP contribution in [0.25, 0.3) is 0 Å². The number of hydrogen-bond donors (Lipinski definition) is 2. The van der Waals surface area contributed by atoms with Gasteiger partial charge in [0.1, 0.15) is 5.54 Å². The number of carbonyl (C=O) groups excluding carboxylic acids is 1. The maximum Gasteiger partial charge on any atom is 0.329 e. The van der Waals surface area contributed by atoms with E-state index in [1.54, 1.807) is 4.90 Å². The van der Waals surface area contributed by atoms with Crippen LogP contribution in [0.15, 0.2) is 0 Å². The van der Waals surface area contributed by atoms with Crippen LogP contribution in [0, 0.1) is 0 Å². The van der Waals surface area contributed by atoms with Crippen molar-refractivity contribution in [3.63, 3.8) is 0 Å². The molecular formula is C15H27N3O3. The van der Waals surface area contributed by atoms with Crippen LogP contribution in [0.1, 0.15) is 45.4 Å². The molecule has 0 spiro atoms. The number of carbonyl (C=O) groups is 2. The Kier molecular flexibility index (Phi) is 5.08. The number of amides is 2. The van der Waals surface area contributed by atoms with Crippen LogP contribution in [-0.4, -0.2) is 65.2 Å². The lowest BCUT2D eigenvalue weighted by Gasteiger charge is -2.37. The quantitative estimate of drug-likeness (QED) is 0.825. The first-order chi connectivity index (χ1) is 9.99. The summed E-state index contributed by atoms with van der Waals surface area (Å²) in [6.45, 7) is 4.41. The molecule has 6 nitrogen and oxygen atoms in total. The predicted molar refractivity (Wildman–Crippen MR) is 80.3 cm³/mol. The number of aliphatic carboxylic acids is 1. The Balaban J connectivity index is 2.04. The first kappa shape index (κ1) is 16.1. The second kappa shape index (κ2) is 6.64. The first-order valence-electron chi connectivity index (χ1n) is 7.99. The fourth-order valence-corrected chi connectivity index (χ4v) is 3.71. The van der Waals surface area contributed by atoms with Gasteiger partial charge in [-0.05, 0) is 45.7 Å². The van der Waals surface area contributed by atoms with Gasteiger partial charge in [0.25, 0.3) is 0 Å². The van der Waals surface area contributed by atoms with Crippen molar-refractivity contribution in [3.05, 3.63) is 0 Å². The van der Waals surface area contributed by atoms with Crippen molar-refractivity contribution in [3.8, 4) is 0 Å². The van der Waals surface area contributed by atoms with E-state index in [2.05, 4.69) is 10.2 Å². The zero-order valence-electron chi connectivity index (χ0n) is 13.1. The Bertz CT molecular complexity index is 402. The second-order valence-electron chi connectivity index (χ2n) is 6.39. The van der Waals surface area contributed by atoms with Crippen LogP contribution in [0.4, 0.5) is 4.79 Å². The van der Waals surface area contributed by atoms with Crippen molar-refractivity contribution in [2.75, 3.05) is 26.7 Å². The molecule has 2 fully saturated rings. The minimum Gasteiger partial charge on any atom is -0.479 e. The number of hydrogen-bond acceptors (Lipinski definition) is 3. The van der Waals surface area contributed by atoms with Crippen molar-refractivity contribution in [1.29, 1.82) is 0 Å². The van der Waals surface area contributed by atoms with Crippen molar-refractivity contribution in [2.45, 2.75) is 57.0 Å². The zero-order chi connectivity index (χ0) is 15.5. The van der Waals surface area contributed by atoms with Crippen molar-refractivity contribution in [1.82, 2.24) is 15.1 Å². The number of likely N-dealkylation sites (N-methyl/N-ethyl adjacent to an activating group) is 1. The van der Waals surface area contributed by atoms with Crippen LogP contribution in [-0.2, 0) is 4.79 Å². The van der Waals surface area contributed by atoms with Crippen LogP contribution in [0.5, 0.6) is 0 Å². The molecule has 6 heteroatoms. The Morgan fingerprint density at radius 3 is 2.71 bits per heavy atom. The van der Waals surface area contributed by atoms with Crippen LogP contribution in [0.2, 0.25) is 0 Å².